The summed E-state index contributed by atoms with van der Waals surface area (Å²) in [5.41, 5.74) is -1.25. The number of halogens is 5. The second-order valence-corrected chi connectivity index (χ2v) is 2.35. The van der Waals surface area contributed by atoms with Gasteiger partial charge >= 0.3 is 6.55 Å². The number of aromatic nitrogens is 3. The normalized spacial score (nSPS) is 11.6. The van der Waals surface area contributed by atoms with Crippen LogP contribution in [0.2, 0.25) is 0 Å². The highest BCUT2D eigenvalue weighted by atomic mass is 35.5. The lowest BCUT2D eigenvalue weighted by molar-refractivity contribution is 0.0355. The predicted molar refractivity (Wildman–Crippen MR) is 35.8 cm³/mol. The molecule has 0 fully saturated rings. The topological polar surface area (TPSA) is 30.7 Å². The van der Waals surface area contributed by atoms with Crippen molar-refractivity contribution in [3.05, 3.63) is 11.4 Å². The summed E-state index contributed by atoms with van der Waals surface area (Å²) < 4.78 is 48.3. The molecule has 0 aliphatic carbocycles. The van der Waals surface area contributed by atoms with Crippen LogP contribution in [0.4, 0.5) is 17.6 Å². The molecule has 0 bridgehead atoms. The van der Waals surface area contributed by atoms with Crippen LogP contribution in [0.25, 0.3) is 0 Å². The number of hydrogen-bond acceptors (Lipinski definition) is 2. The fraction of sp³-hybridized carbons (Fsp3) is 0.600. The van der Waals surface area contributed by atoms with Gasteiger partial charge in [0.15, 0.2) is 0 Å². The first-order valence-corrected chi connectivity index (χ1v) is 3.67. The third-order valence-electron chi connectivity index (χ3n) is 1.32. The second kappa shape index (κ2) is 3.91. The lowest BCUT2D eigenvalue weighted by atomic mass is 10.3. The van der Waals surface area contributed by atoms with Crippen molar-refractivity contribution in [3.63, 3.8) is 0 Å². The molecule has 0 aromatic carbocycles. The minimum absolute atomic E-state index is 0.137. The maximum atomic E-state index is 12.2. The fourth-order valence-electron chi connectivity index (χ4n) is 0.799. The van der Waals surface area contributed by atoms with Crippen LogP contribution >= 0.6 is 11.6 Å². The molecule has 8 heteroatoms. The number of nitrogens with zero attached hydrogens (tertiary/aromatic N) is 3. The summed E-state index contributed by atoms with van der Waals surface area (Å²) in [4.78, 5) is 0. The van der Waals surface area contributed by atoms with E-state index in [0.717, 1.165) is 0 Å². The van der Waals surface area contributed by atoms with Crippen molar-refractivity contribution < 1.29 is 17.6 Å². The summed E-state index contributed by atoms with van der Waals surface area (Å²) in [6, 6.07) is 0. The molecule has 0 unspecified atom stereocenters. The second-order valence-electron chi connectivity index (χ2n) is 2.08. The molecule has 0 spiro atoms. The Kier molecular flexibility index (Phi) is 3.07. The Morgan fingerprint density at radius 1 is 1.31 bits per heavy atom. The van der Waals surface area contributed by atoms with Crippen molar-refractivity contribution >= 4 is 11.6 Å². The van der Waals surface area contributed by atoms with Crippen LogP contribution in [-0.4, -0.2) is 15.0 Å². The molecule has 13 heavy (non-hydrogen) atoms. The van der Waals surface area contributed by atoms with Crippen LogP contribution < -0.4 is 0 Å². The van der Waals surface area contributed by atoms with E-state index in [9.17, 15) is 17.6 Å². The van der Waals surface area contributed by atoms with E-state index in [1.165, 1.54) is 0 Å². The van der Waals surface area contributed by atoms with E-state index in [-0.39, 0.29) is 16.3 Å². The first-order valence-electron chi connectivity index (χ1n) is 3.14. The third-order valence-corrected chi connectivity index (χ3v) is 1.58. The molecule has 1 aromatic rings. The molecule has 0 saturated heterocycles. The summed E-state index contributed by atoms with van der Waals surface area (Å²) in [7, 11) is 0. The first-order chi connectivity index (χ1) is 6.07. The lowest BCUT2D eigenvalue weighted by Gasteiger charge is -2.03. The minimum Gasteiger partial charge on any atom is -0.203 e. The molecule has 0 N–H and O–H groups in total. The van der Waals surface area contributed by atoms with Gasteiger partial charge in [-0.05, 0) is 0 Å². The number of rotatable bonds is 3. The van der Waals surface area contributed by atoms with Gasteiger partial charge in [0.1, 0.15) is 11.4 Å². The van der Waals surface area contributed by atoms with Gasteiger partial charge in [-0.15, -0.1) is 16.7 Å². The van der Waals surface area contributed by atoms with E-state index in [4.69, 9.17) is 11.6 Å². The maximum Gasteiger partial charge on any atom is 0.335 e. The van der Waals surface area contributed by atoms with Crippen molar-refractivity contribution in [1.29, 1.82) is 0 Å². The molecule has 0 atom stereocenters. The van der Waals surface area contributed by atoms with Crippen molar-refractivity contribution in [3.8, 4) is 0 Å². The summed E-state index contributed by atoms with van der Waals surface area (Å²) in [5, 5.41) is 5.96. The van der Waals surface area contributed by atoms with E-state index in [1.807, 2.05) is 0 Å². The molecule has 0 radical (unpaired) electrons. The third kappa shape index (κ3) is 1.90. The Balaban J connectivity index is 3.14. The molecular weight excluding hydrogens is 214 g/mol. The number of alkyl halides is 5. The highest BCUT2D eigenvalue weighted by Crippen LogP contribution is 2.25. The molecule has 0 aliphatic heterocycles. The molecule has 3 nitrogen and oxygen atoms in total. The van der Waals surface area contributed by atoms with Crippen LogP contribution in [0.3, 0.4) is 0 Å². The smallest absolute Gasteiger partial charge is 0.203 e. The largest absolute Gasteiger partial charge is 0.335 e. The summed E-state index contributed by atoms with van der Waals surface area (Å²) in [6.45, 7) is -3.13. The van der Waals surface area contributed by atoms with Gasteiger partial charge in [0.25, 0.3) is 6.43 Å². The Bertz CT molecular complexity index is 287. The van der Waals surface area contributed by atoms with E-state index in [2.05, 4.69) is 10.3 Å². The molecule has 1 aromatic heterocycles. The average molecular weight is 218 g/mol. The Hall–Kier alpha value is -0.850. The zero-order valence-electron chi connectivity index (χ0n) is 6.09. The highest BCUT2D eigenvalue weighted by Gasteiger charge is 2.25. The fourth-order valence-corrected chi connectivity index (χ4v) is 0.989. The quantitative estimate of drug-likeness (QED) is 0.575. The van der Waals surface area contributed by atoms with Crippen LogP contribution in [0.1, 0.15) is 24.4 Å². The van der Waals surface area contributed by atoms with Gasteiger partial charge in [-0.25, -0.2) is 8.78 Å². The van der Waals surface area contributed by atoms with Crippen molar-refractivity contribution in [2.45, 2.75) is 18.9 Å². The van der Waals surface area contributed by atoms with Crippen LogP contribution in [0, 0.1) is 0 Å². The zero-order chi connectivity index (χ0) is 10.0. The molecule has 0 amide bonds. The van der Waals surface area contributed by atoms with Gasteiger partial charge in [0.2, 0.25) is 0 Å². The Morgan fingerprint density at radius 2 is 1.92 bits per heavy atom. The van der Waals surface area contributed by atoms with Gasteiger partial charge in [-0.1, -0.05) is 5.21 Å². The number of hydrogen-bond donors (Lipinski definition) is 0. The van der Waals surface area contributed by atoms with Gasteiger partial charge in [-0.2, -0.15) is 13.5 Å². The molecule has 74 valence electrons. The first kappa shape index (κ1) is 10.2. The molecule has 1 heterocycles. The van der Waals surface area contributed by atoms with Gasteiger partial charge < -0.3 is 0 Å². The monoisotopic (exact) mass is 217 g/mol. The van der Waals surface area contributed by atoms with Crippen LogP contribution in [-0.2, 0) is 5.88 Å². The lowest BCUT2D eigenvalue weighted by Crippen LogP contribution is -2.06. The zero-order valence-corrected chi connectivity index (χ0v) is 6.85. The van der Waals surface area contributed by atoms with Gasteiger partial charge in [0.05, 0.1) is 5.88 Å². The highest BCUT2D eigenvalue weighted by molar-refractivity contribution is 6.16. The molecule has 1 rings (SSSR count). The van der Waals surface area contributed by atoms with E-state index in [0.29, 0.717) is 0 Å². The Labute approximate surface area is 75.3 Å². The molecule has 0 aliphatic rings. The van der Waals surface area contributed by atoms with Gasteiger partial charge in [-0.3, -0.25) is 0 Å². The SMILES string of the molecule is FC(F)c1c(CCl)nnn1C(F)F. The summed E-state index contributed by atoms with van der Waals surface area (Å²) in [6.07, 6.45) is -3.06. The van der Waals surface area contributed by atoms with Crippen molar-refractivity contribution in [2.75, 3.05) is 0 Å². The summed E-state index contributed by atoms with van der Waals surface area (Å²) >= 11 is 5.20. The Morgan fingerprint density at radius 3 is 2.31 bits per heavy atom. The van der Waals surface area contributed by atoms with E-state index < -0.39 is 18.7 Å². The minimum atomic E-state index is -3.13. The van der Waals surface area contributed by atoms with Crippen molar-refractivity contribution in [1.82, 2.24) is 15.0 Å². The van der Waals surface area contributed by atoms with Crippen LogP contribution in [0.15, 0.2) is 0 Å². The average Bonchev–Trinajstić information content (AvgIpc) is 2.46. The van der Waals surface area contributed by atoms with E-state index >= 15 is 0 Å². The van der Waals surface area contributed by atoms with Gasteiger partial charge in [0, 0.05) is 0 Å². The van der Waals surface area contributed by atoms with E-state index in [1.54, 1.807) is 0 Å². The summed E-state index contributed by atoms with van der Waals surface area (Å²) in [5.74, 6) is -0.369. The predicted octanol–water partition coefficient (Wildman–Crippen LogP) is 2.35. The maximum absolute atomic E-state index is 12.2. The van der Waals surface area contributed by atoms with Crippen LogP contribution in [0.5, 0.6) is 0 Å². The molecular formula is C5H4ClF4N3. The standard InChI is InChI=1S/C5H4ClF4N3/c6-1-2-3(4(7)8)13(5(9)10)12-11-2/h4-5H,1H2. The molecule has 0 saturated carbocycles. The van der Waals surface area contributed by atoms with Crippen molar-refractivity contribution in [2.24, 2.45) is 0 Å².